The Morgan fingerprint density at radius 3 is 1.80 bits per heavy atom. The Morgan fingerprint density at radius 1 is 0.412 bits per heavy atom. The molecule has 1 aliphatic carbocycles. The predicted molar refractivity (Wildman–Crippen MR) is 214 cm³/mol. The van der Waals surface area contributed by atoms with Gasteiger partial charge in [-0.15, -0.1) is 0 Å². The minimum absolute atomic E-state index is 0.0969. The van der Waals surface area contributed by atoms with Crippen LogP contribution in [-0.2, 0) is 5.41 Å². The number of hydrogen-bond acceptors (Lipinski definition) is 2. The molecule has 0 saturated carbocycles. The Morgan fingerprint density at radius 2 is 1.00 bits per heavy atom. The first-order valence-corrected chi connectivity index (χ1v) is 17.7. The molecule has 2 nitrogen and oxygen atoms in total. The largest absolute Gasteiger partial charge is 0.453 e. The van der Waals surface area contributed by atoms with E-state index in [1.807, 2.05) is 0 Å². The average Bonchev–Trinajstić information content (AvgIpc) is 3.68. The number of rotatable bonds is 5. The molecule has 0 saturated heterocycles. The number of benzene rings is 8. The highest BCUT2D eigenvalue weighted by Gasteiger charge is 2.37. The van der Waals surface area contributed by atoms with Gasteiger partial charge in [-0.25, -0.2) is 0 Å². The Bertz CT molecular complexity index is 2750. The maximum absolute atomic E-state index is 7.09. The number of hydrogen-bond donors (Lipinski definition) is 0. The van der Waals surface area contributed by atoms with Crippen molar-refractivity contribution < 1.29 is 4.42 Å². The molecule has 8 aromatic carbocycles. The lowest BCUT2D eigenvalue weighted by molar-refractivity contribution is 0.653. The van der Waals surface area contributed by atoms with E-state index in [1.165, 1.54) is 55.3 Å². The second-order valence-corrected chi connectivity index (χ2v) is 14.1. The van der Waals surface area contributed by atoms with Crippen LogP contribution in [0, 0.1) is 0 Å². The van der Waals surface area contributed by atoms with Crippen LogP contribution in [0.3, 0.4) is 0 Å². The van der Waals surface area contributed by atoms with E-state index in [9.17, 15) is 0 Å². The molecule has 2 heteroatoms. The third-order valence-corrected chi connectivity index (χ3v) is 10.9. The zero-order valence-electron chi connectivity index (χ0n) is 28.6. The molecule has 1 aliphatic rings. The minimum atomic E-state index is -0.0969. The summed E-state index contributed by atoms with van der Waals surface area (Å²) in [5.41, 5.74) is 14.8. The van der Waals surface area contributed by atoms with Gasteiger partial charge in [-0.05, 0) is 80.0 Å². The molecule has 0 spiro atoms. The molecule has 0 unspecified atom stereocenters. The van der Waals surface area contributed by atoms with Crippen molar-refractivity contribution in [1.29, 1.82) is 0 Å². The predicted octanol–water partition coefficient (Wildman–Crippen LogP) is 13.8. The standard InChI is InChI=1S/C49H35NO/c1-49(2)43-20-9-8-17-42(43)46-44(49)31-30-41-40-19-11-21-45(47(40)51-48(41)46)50(36-26-22-33(23-27-36)32-12-4-3-5-13-32)37-28-24-35(25-29-37)39-18-10-15-34-14-6-7-16-38(34)39/h3-31H,1-2H3. The SMILES string of the molecule is CC1(C)c2ccccc2-c2c1ccc1c2oc2c(N(c3ccc(-c4ccccc4)cc3)c3ccc(-c4cccc5ccccc45)cc3)cccc21. The summed E-state index contributed by atoms with van der Waals surface area (Å²) in [5.74, 6) is 0. The van der Waals surface area contributed by atoms with Gasteiger partial charge in [0.1, 0.15) is 5.58 Å². The van der Waals surface area contributed by atoms with E-state index in [0.29, 0.717) is 0 Å². The van der Waals surface area contributed by atoms with Crippen LogP contribution in [0.15, 0.2) is 180 Å². The highest BCUT2D eigenvalue weighted by atomic mass is 16.3. The molecule has 1 heterocycles. The number of para-hydroxylation sites is 1. The van der Waals surface area contributed by atoms with Crippen molar-refractivity contribution in [2.45, 2.75) is 19.3 Å². The lowest BCUT2D eigenvalue weighted by atomic mass is 9.82. The molecule has 0 atom stereocenters. The van der Waals surface area contributed by atoms with Gasteiger partial charge in [0.05, 0.1) is 5.69 Å². The fourth-order valence-corrected chi connectivity index (χ4v) is 8.33. The number of anilines is 3. The van der Waals surface area contributed by atoms with E-state index in [1.54, 1.807) is 0 Å². The molecule has 0 aliphatic heterocycles. The van der Waals surface area contributed by atoms with Crippen LogP contribution in [0.5, 0.6) is 0 Å². The molecule has 0 amide bonds. The first-order valence-electron chi connectivity index (χ1n) is 17.7. The summed E-state index contributed by atoms with van der Waals surface area (Å²) in [6.07, 6.45) is 0. The molecule has 1 aromatic heterocycles. The van der Waals surface area contributed by atoms with Gasteiger partial charge in [0.25, 0.3) is 0 Å². The number of furan rings is 1. The van der Waals surface area contributed by atoms with Crippen molar-refractivity contribution in [3.63, 3.8) is 0 Å². The maximum atomic E-state index is 7.09. The first-order chi connectivity index (χ1) is 25.1. The summed E-state index contributed by atoms with van der Waals surface area (Å²) in [6, 6.07) is 63.4. The van der Waals surface area contributed by atoms with Crippen molar-refractivity contribution in [2.75, 3.05) is 4.90 Å². The molecule has 51 heavy (non-hydrogen) atoms. The van der Waals surface area contributed by atoms with E-state index in [-0.39, 0.29) is 5.41 Å². The monoisotopic (exact) mass is 653 g/mol. The third kappa shape index (κ3) is 4.57. The van der Waals surface area contributed by atoms with E-state index < -0.39 is 0 Å². The molecular formula is C49H35NO. The van der Waals surface area contributed by atoms with Gasteiger partial charge in [-0.2, -0.15) is 0 Å². The molecular weight excluding hydrogens is 619 g/mol. The molecule has 0 radical (unpaired) electrons. The molecule has 10 rings (SSSR count). The van der Waals surface area contributed by atoms with Gasteiger partial charge in [0.15, 0.2) is 5.58 Å². The molecule has 9 aromatic rings. The van der Waals surface area contributed by atoms with Gasteiger partial charge >= 0.3 is 0 Å². The lowest BCUT2D eigenvalue weighted by Crippen LogP contribution is -2.14. The number of fused-ring (bicyclic) bond motifs is 8. The maximum Gasteiger partial charge on any atom is 0.159 e. The van der Waals surface area contributed by atoms with Crippen LogP contribution in [0.1, 0.15) is 25.0 Å². The van der Waals surface area contributed by atoms with Gasteiger partial charge in [-0.3, -0.25) is 0 Å². The zero-order valence-corrected chi connectivity index (χ0v) is 28.6. The summed E-state index contributed by atoms with van der Waals surface area (Å²) >= 11 is 0. The molecule has 0 bridgehead atoms. The first kappa shape index (κ1) is 29.5. The molecule has 0 N–H and O–H groups in total. The van der Waals surface area contributed by atoms with Crippen LogP contribution in [-0.4, -0.2) is 0 Å². The van der Waals surface area contributed by atoms with Crippen LogP contribution in [0.4, 0.5) is 17.1 Å². The van der Waals surface area contributed by atoms with Gasteiger partial charge in [0.2, 0.25) is 0 Å². The second-order valence-electron chi connectivity index (χ2n) is 14.1. The summed E-state index contributed by atoms with van der Waals surface area (Å²) in [4.78, 5) is 2.34. The Labute approximate surface area is 297 Å². The summed E-state index contributed by atoms with van der Waals surface area (Å²) < 4.78 is 7.09. The quantitative estimate of drug-likeness (QED) is 0.184. The van der Waals surface area contributed by atoms with Crippen LogP contribution < -0.4 is 4.90 Å². The highest BCUT2D eigenvalue weighted by molar-refractivity contribution is 6.15. The summed E-state index contributed by atoms with van der Waals surface area (Å²) in [6.45, 7) is 4.64. The third-order valence-electron chi connectivity index (χ3n) is 10.9. The van der Waals surface area contributed by atoms with Gasteiger partial charge < -0.3 is 9.32 Å². The van der Waals surface area contributed by atoms with Crippen molar-refractivity contribution in [2.24, 2.45) is 0 Å². The van der Waals surface area contributed by atoms with Crippen molar-refractivity contribution >= 4 is 49.8 Å². The fraction of sp³-hybridized carbons (Fsp3) is 0.0612. The summed E-state index contributed by atoms with van der Waals surface area (Å²) in [5, 5.41) is 4.76. The van der Waals surface area contributed by atoms with Crippen LogP contribution >= 0.6 is 0 Å². The van der Waals surface area contributed by atoms with E-state index >= 15 is 0 Å². The van der Waals surface area contributed by atoms with Crippen LogP contribution in [0.2, 0.25) is 0 Å². The fourth-order valence-electron chi connectivity index (χ4n) is 8.33. The van der Waals surface area contributed by atoms with Crippen molar-refractivity contribution in [3.8, 4) is 33.4 Å². The molecule has 242 valence electrons. The number of nitrogens with zero attached hydrogens (tertiary/aromatic N) is 1. The van der Waals surface area contributed by atoms with Crippen molar-refractivity contribution in [1.82, 2.24) is 0 Å². The Hall–Kier alpha value is -6.38. The van der Waals surface area contributed by atoms with E-state index in [2.05, 4.69) is 195 Å². The minimum Gasteiger partial charge on any atom is -0.453 e. The zero-order chi connectivity index (χ0) is 34.1. The topological polar surface area (TPSA) is 16.4 Å². The lowest BCUT2D eigenvalue weighted by Gasteiger charge is -2.26. The van der Waals surface area contributed by atoms with Gasteiger partial charge in [-0.1, -0.05) is 159 Å². The molecule has 0 fully saturated rings. The average molecular weight is 654 g/mol. The highest BCUT2D eigenvalue weighted by Crippen LogP contribution is 2.53. The van der Waals surface area contributed by atoms with E-state index in [4.69, 9.17) is 4.42 Å². The van der Waals surface area contributed by atoms with Crippen molar-refractivity contribution in [3.05, 3.63) is 187 Å². The van der Waals surface area contributed by atoms with Crippen LogP contribution in [0.25, 0.3) is 66.1 Å². The Balaban J connectivity index is 1.17. The summed E-state index contributed by atoms with van der Waals surface area (Å²) in [7, 11) is 0. The van der Waals surface area contributed by atoms with E-state index in [0.717, 1.165) is 39.0 Å². The van der Waals surface area contributed by atoms with Gasteiger partial charge in [0, 0.05) is 33.1 Å². The smallest absolute Gasteiger partial charge is 0.159 e. The second kappa shape index (κ2) is 11.3. The Kier molecular flexibility index (Phi) is 6.56. The normalized spacial score (nSPS) is 13.1.